The van der Waals surface area contributed by atoms with Gasteiger partial charge in [0.2, 0.25) is 0 Å². The van der Waals surface area contributed by atoms with Crippen LogP contribution < -0.4 is 5.73 Å². The Bertz CT molecular complexity index is 224. The van der Waals surface area contributed by atoms with E-state index in [0.717, 1.165) is 16.8 Å². The number of rotatable bonds is 2. The first-order chi connectivity index (χ1) is 6.18. The van der Waals surface area contributed by atoms with E-state index >= 15 is 0 Å². The Morgan fingerprint density at radius 2 is 1.69 bits per heavy atom. The molecule has 0 aromatic heterocycles. The Morgan fingerprint density at radius 1 is 1.23 bits per heavy atom. The minimum atomic E-state index is 0.547. The predicted octanol–water partition coefficient (Wildman–Crippen LogP) is 3.12. The van der Waals surface area contributed by atoms with Gasteiger partial charge in [0.05, 0.1) is 0 Å². The van der Waals surface area contributed by atoms with Crippen LogP contribution in [-0.2, 0) is 0 Å². The van der Waals surface area contributed by atoms with Gasteiger partial charge in [0.1, 0.15) is 0 Å². The molecule has 1 aromatic carbocycles. The van der Waals surface area contributed by atoms with Gasteiger partial charge in [-0.3, -0.25) is 0 Å². The van der Waals surface area contributed by atoms with Gasteiger partial charge in [-0.05, 0) is 36.2 Å². The Balaban J connectivity index is 0.000000671. The van der Waals surface area contributed by atoms with Crippen molar-refractivity contribution in [2.75, 3.05) is 12.8 Å². The summed E-state index contributed by atoms with van der Waals surface area (Å²) >= 11 is 1.02. The number of nitrogens with two attached hydrogens (primary N) is 1. The summed E-state index contributed by atoms with van der Waals surface area (Å²) in [6.07, 6.45) is 0. The van der Waals surface area contributed by atoms with E-state index in [4.69, 9.17) is 5.73 Å². The standard InChI is InChI=1S/C7H9FN2S.C2H6/c1-10(8)11-7-4-2-6(9)3-5-7;1-2/h2-5H,9H2,1H3;1-2H3. The smallest absolute Gasteiger partial charge is 0.0314 e. The molecule has 13 heavy (non-hydrogen) atoms. The van der Waals surface area contributed by atoms with E-state index in [-0.39, 0.29) is 0 Å². The van der Waals surface area contributed by atoms with Crippen molar-refractivity contribution >= 4 is 17.6 Å². The van der Waals surface area contributed by atoms with Crippen LogP contribution in [0.15, 0.2) is 29.2 Å². The van der Waals surface area contributed by atoms with E-state index in [0.29, 0.717) is 10.2 Å². The zero-order valence-corrected chi connectivity index (χ0v) is 8.94. The zero-order chi connectivity index (χ0) is 10.3. The van der Waals surface area contributed by atoms with E-state index < -0.39 is 0 Å². The number of hydrogen-bond donors (Lipinski definition) is 1. The minimum absolute atomic E-state index is 0.547. The largest absolute Gasteiger partial charge is 0.399 e. The van der Waals surface area contributed by atoms with Crippen LogP contribution in [0.4, 0.5) is 10.2 Å². The van der Waals surface area contributed by atoms with Crippen molar-refractivity contribution in [3.63, 3.8) is 0 Å². The summed E-state index contributed by atoms with van der Waals surface area (Å²) in [7, 11) is 1.35. The van der Waals surface area contributed by atoms with Crippen LogP contribution in [0.5, 0.6) is 0 Å². The predicted molar refractivity (Wildman–Crippen MR) is 56.9 cm³/mol. The number of nitrogens with zero attached hydrogens (tertiary/aromatic N) is 1. The molecular formula is C9H15FN2S. The second-order valence-electron chi connectivity index (χ2n) is 2.08. The Labute approximate surface area is 83.0 Å². The number of benzene rings is 1. The average molecular weight is 202 g/mol. The highest BCUT2D eigenvalue weighted by atomic mass is 32.2. The second-order valence-corrected chi connectivity index (χ2v) is 3.24. The third-order valence-electron chi connectivity index (χ3n) is 1.11. The van der Waals surface area contributed by atoms with Crippen molar-refractivity contribution in [3.05, 3.63) is 24.3 Å². The van der Waals surface area contributed by atoms with Crippen LogP contribution in [0.3, 0.4) is 0 Å². The Morgan fingerprint density at radius 3 is 2.08 bits per heavy atom. The highest BCUT2D eigenvalue weighted by molar-refractivity contribution is 7.96. The van der Waals surface area contributed by atoms with Gasteiger partial charge in [-0.15, -0.1) is 4.48 Å². The van der Waals surface area contributed by atoms with Gasteiger partial charge < -0.3 is 5.73 Å². The van der Waals surface area contributed by atoms with Crippen molar-refractivity contribution in [3.8, 4) is 0 Å². The molecule has 0 amide bonds. The van der Waals surface area contributed by atoms with Crippen LogP contribution >= 0.6 is 11.9 Å². The van der Waals surface area contributed by atoms with Crippen LogP contribution in [0.25, 0.3) is 0 Å². The molecule has 0 fully saturated rings. The molecule has 0 aliphatic rings. The van der Waals surface area contributed by atoms with Gasteiger partial charge >= 0.3 is 0 Å². The maximum absolute atomic E-state index is 12.3. The number of hydrogen-bond acceptors (Lipinski definition) is 3. The molecule has 0 spiro atoms. The summed E-state index contributed by atoms with van der Waals surface area (Å²) < 4.78 is 12.8. The first-order valence-electron chi connectivity index (χ1n) is 4.11. The lowest BCUT2D eigenvalue weighted by Crippen LogP contribution is -1.92. The molecule has 2 nitrogen and oxygen atoms in total. The van der Waals surface area contributed by atoms with Crippen molar-refractivity contribution in [2.45, 2.75) is 18.7 Å². The normalized spacial score (nSPS) is 9.31. The van der Waals surface area contributed by atoms with Gasteiger partial charge in [-0.2, -0.15) is 0 Å². The first kappa shape index (κ1) is 12.3. The maximum atomic E-state index is 12.3. The number of halogens is 1. The molecule has 1 rings (SSSR count). The van der Waals surface area contributed by atoms with E-state index in [1.54, 1.807) is 24.3 Å². The number of nitrogen functional groups attached to an aromatic ring is 1. The van der Waals surface area contributed by atoms with Gasteiger partial charge in [-0.1, -0.05) is 18.4 Å². The highest BCUT2D eigenvalue weighted by Gasteiger charge is 1.97. The lowest BCUT2D eigenvalue weighted by molar-refractivity contribution is 0.201. The fraction of sp³-hybridized carbons (Fsp3) is 0.333. The van der Waals surface area contributed by atoms with Crippen molar-refractivity contribution < 1.29 is 4.48 Å². The molecule has 0 aliphatic carbocycles. The molecule has 0 unspecified atom stereocenters. The lowest BCUT2D eigenvalue weighted by atomic mass is 10.3. The third kappa shape index (κ3) is 5.49. The van der Waals surface area contributed by atoms with Crippen molar-refractivity contribution in [2.24, 2.45) is 0 Å². The van der Waals surface area contributed by atoms with E-state index in [1.807, 2.05) is 13.8 Å². The fourth-order valence-corrected chi connectivity index (χ4v) is 1.22. The molecule has 0 saturated carbocycles. The summed E-state index contributed by atoms with van der Waals surface area (Å²) in [4.78, 5) is 0.837. The molecular weight excluding hydrogens is 187 g/mol. The van der Waals surface area contributed by atoms with E-state index in [9.17, 15) is 4.48 Å². The molecule has 2 N–H and O–H groups in total. The summed E-state index contributed by atoms with van der Waals surface area (Å²) in [6.45, 7) is 4.00. The molecule has 4 heteroatoms. The average Bonchev–Trinajstić information content (AvgIpc) is 2.12. The topological polar surface area (TPSA) is 29.3 Å². The second kappa shape index (κ2) is 6.74. The van der Waals surface area contributed by atoms with Gasteiger partial charge in [0.15, 0.2) is 0 Å². The summed E-state index contributed by atoms with van der Waals surface area (Å²) in [5.41, 5.74) is 6.13. The summed E-state index contributed by atoms with van der Waals surface area (Å²) in [5.74, 6) is 0. The van der Waals surface area contributed by atoms with Crippen LogP contribution in [0.2, 0.25) is 0 Å². The van der Waals surface area contributed by atoms with Gasteiger partial charge in [0.25, 0.3) is 0 Å². The molecule has 74 valence electrons. The van der Waals surface area contributed by atoms with E-state index in [2.05, 4.69) is 0 Å². The quantitative estimate of drug-likeness (QED) is 0.454. The summed E-state index contributed by atoms with van der Waals surface area (Å²) in [6, 6.07) is 7.03. The maximum Gasteiger partial charge on any atom is 0.0314 e. The Hall–Kier alpha value is -0.740. The highest BCUT2D eigenvalue weighted by Crippen LogP contribution is 2.21. The molecule has 0 radical (unpaired) electrons. The van der Waals surface area contributed by atoms with Gasteiger partial charge in [-0.25, -0.2) is 0 Å². The van der Waals surface area contributed by atoms with E-state index in [1.165, 1.54) is 7.05 Å². The molecule has 0 heterocycles. The molecule has 0 atom stereocenters. The molecule has 1 aromatic rings. The van der Waals surface area contributed by atoms with Crippen LogP contribution in [0, 0.1) is 0 Å². The molecule has 0 saturated heterocycles. The fourth-order valence-electron chi connectivity index (χ4n) is 0.674. The molecule has 0 aliphatic heterocycles. The van der Waals surface area contributed by atoms with Crippen molar-refractivity contribution in [1.29, 1.82) is 0 Å². The first-order valence-corrected chi connectivity index (χ1v) is 4.89. The third-order valence-corrected chi connectivity index (χ3v) is 1.85. The van der Waals surface area contributed by atoms with Crippen LogP contribution in [-0.4, -0.2) is 11.6 Å². The minimum Gasteiger partial charge on any atom is -0.399 e. The monoisotopic (exact) mass is 202 g/mol. The SMILES string of the molecule is CC.CN(F)Sc1ccc(N)cc1. The van der Waals surface area contributed by atoms with Crippen LogP contribution in [0.1, 0.15) is 13.8 Å². The zero-order valence-electron chi connectivity index (χ0n) is 8.12. The lowest BCUT2D eigenvalue weighted by Gasteiger charge is -2.02. The van der Waals surface area contributed by atoms with Gasteiger partial charge in [0, 0.05) is 17.6 Å². The summed E-state index contributed by atoms with van der Waals surface area (Å²) in [5, 5.41) is 0. The molecule has 0 bridgehead atoms. The number of anilines is 1. The van der Waals surface area contributed by atoms with Crippen molar-refractivity contribution in [1.82, 2.24) is 4.53 Å². The Kier molecular flexibility index (Phi) is 6.36.